The molecule has 0 atom stereocenters. The number of rotatable bonds is 7. The van der Waals surface area contributed by atoms with Gasteiger partial charge in [-0.25, -0.2) is 4.39 Å². The van der Waals surface area contributed by atoms with Gasteiger partial charge in [0.1, 0.15) is 23.9 Å². The van der Waals surface area contributed by atoms with E-state index in [9.17, 15) is 9.18 Å². The molecular weight excluding hydrogens is 421 g/mol. The summed E-state index contributed by atoms with van der Waals surface area (Å²) < 4.78 is 26.2. The van der Waals surface area contributed by atoms with Crippen LogP contribution in [0.5, 0.6) is 5.75 Å². The zero-order valence-corrected chi connectivity index (χ0v) is 17.4. The summed E-state index contributed by atoms with van der Waals surface area (Å²) in [6, 6.07) is 16.6. The summed E-state index contributed by atoms with van der Waals surface area (Å²) in [5.74, 6) is 0.951. The third-order valence-corrected chi connectivity index (χ3v) is 4.94. The number of benzene rings is 2. The van der Waals surface area contributed by atoms with Gasteiger partial charge in [-0.3, -0.25) is 9.48 Å². The maximum atomic E-state index is 13.3. The lowest BCUT2D eigenvalue weighted by Crippen LogP contribution is -2.12. The van der Waals surface area contributed by atoms with Crippen molar-refractivity contribution in [3.8, 4) is 5.75 Å². The molecule has 0 aliphatic carbocycles. The lowest BCUT2D eigenvalue weighted by Gasteiger charge is -2.06. The van der Waals surface area contributed by atoms with Gasteiger partial charge in [-0.15, -0.1) is 0 Å². The van der Waals surface area contributed by atoms with Crippen LogP contribution in [0.25, 0.3) is 0 Å². The normalized spacial score (nSPS) is 10.8. The number of hydrogen-bond donors (Lipinski definition) is 1. The second kappa shape index (κ2) is 9.06. The number of anilines is 1. The molecule has 4 rings (SSSR count). The van der Waals surface area contributed by atoms with Crippen molar-refractivity contribution in [3.05, 3.63) is 100 Å². The first kappa shape index (κ1) is 20.7. The summed E-state index contributed by atoms with van der Waals surface area (Å²) in [4.78, 5) is 12.4. The van der Waals surface area contributed by atoms with Crippen LogP contribution >= 0.6 is 11.6 Å². The average molecular weight is 440 g/mol. The van der Waals surface area contributed by atoms with Crippen LogP contribution in [0.2, 0.25) is 5.02 Å². The second-order valence-corrected chi connectivity index (χ2v) is 7.36. The molecule has 1 N–H and O–H groups in total. The number of nitrogens with one attached hydrogen (secondary N) is 1. The lowest BCUT2D eigenvalue weighted by atomic mass is 10.2. The summed E-state index contributed by atoms with van der Waals surface area (Å²) in [6.07, 6.45) is 1.70. The number of aromatic nitrogens is 2. The maximum Gasteiger partial charge on any atom is 0.292 e. The summed E-state index contributed by atoms with van der Waals surface area (Å²) >= 11 is 6.01. The molecule has 0 aliphatic heterocycles. The van der Waals surface area contributed by atoms with Crippen molar-refractivity contribution in [3.63, 3.8) is 0 Å². The Morgan fingerprint density at radius 3 is 2.87 bits per heavy atom. The average Bonchev–Trinajstić information content (AvgIpc) is 3.38. The van der Waals surface area contributed by atoms with E-state index in [4.69, 9.17) is 20.8 Å². The van der Waals surface area contributed by atoms with Crippen molar-refractivity contribution < 1.29 is 18.3 Å². The number of furan rings is 1. The predicted molar refractivity (Wildman–Crippen MR) is 115 cm³/mol. The first-order valence-electron chi connectivity index (χ1n) is 9.53. The Bertz CT molecular complexity index is 1220. The van der Waals surface area contributed by atoms with E-state index in [1.807, 2.05) is 13.0 Å². The molecule has 6 nitrogen and oxygen atoms in total. The van der Waals surface area contributed by atoms with E-state index in [0.29, 0.717) is 28.9 Å². The molecule has 0 spiro atoms. The third kappa shape index (κ3) is 5.32. The Balaban J connectivity index is 1.33. The van der Waals surface area contributed by atoms with Gasteiger partial charge in [0.2, 0.25) is 0 Å². The van der Waals surface area contributed by atoms with Crippen molar-refractivity contribution >= 4 is 23.3 Å². The Morgan fingerprint density at radius 2 is 2.06 bits per heavy atom. The molecule has 8 heteroatoms. The Hall–Kier alpha value is -3.58. The molecule has 2 heterocycles. The summed E-state index contributed by atoms with van der Waals surface area (Å²) in [6.45, 7) is 2.46. The number of carbonyl (C=O) groups is 1. The van der Waals surface area contributed by atoms with Gasteiger partial charge >= 0.3 is 0 Å². The number of nitrogens with zero attached hydrogens (tertiary/aromatic N) is 2. The minimum absolute atomic E-state index is 0.144. The molecule has 2 aromatic carbocycles. The largest absolute Gasteiger partial charge is 0.486 e. The molecule has 1 amide bonds. The Kier molecular flexibility index (Phi) is 6.04. The number of aryl methyl sites for hydroxylation is 1. The Labute approximate surface area is 183 Å². The van der Waals surface area contributed by atoms with Crippen LogP contribution in [0.4, 0.5) is 10.2 Å². The van der Waals surface area contributed by atoms with Crippen molar-refractivity contribution in [1.29, 1.82) is 0 Å². The van der Waals surface area contributed by atoms with E-state index in [0.717, 1.165) is 11.1 Å². The second-order valence-electron chi connectivity index (χ2n) is 6.95. The van der Waals surface area contributed by atoms with Crippen LogP contribution in [-0.2, 0) is 13.2 Å². The highest BCUT2D eigenvalue weighted by Gasteiger charge is 2.13. The van der Waals surface area contributed by atoms with Gasteiger partial charge in [0.25, 0.3) is 5.91 Å². The predicted octanol–water partition coefficient (Wildman–Crippen LogP) is 5.46. The molecule has 0 saturated carbocycles. The van der Waals surface area contributed by atoms with Gasteiger partial charge in [-0.2, -0.15) is 5.10 Å². The number of halogens is 2. The molecule has 0 fully saturated rings. The fraction of sp³-hybridized carbons (Fsp3) is 0.130. The van der Waals surface area contributed by atoms with Gasteiger partial charge in [0, 0.05) is 17.3 Å². The molecule has 158 valence electrons. The van der Waals surface area contributed by atoms with Gasteiger partial charge in [0.15, 0.2) is 11.6 Å². The van der Waals surface area contributed by atoms with Crippen molar-refractivity contribution in [2.24, 2.45) is 0 Å². The molecule has 2 aromatic heterocycles. The first-order valence-corrected chi connectivity index (χ1v) is 9.91. The van der Waals surface area contributed by atoms with Gasteiger partial charge in [-0.1, -0.05) is 23.7 Å². The van der Waals surface area contributed by atoms with Gasteiger partial charge < -0.3 is 14.5 Å². The van der Waals surface area contributed by atoms with E-state index >= 15 is 0 Å². The fourth-order valence-corrected chi connectivity index (χ4v) is 3.07. The number of ether oxygens (including phenoxy) is 1. The lowest BCUT2D eigenvalue weighted by molar-refractivity contribution is 0.0992. The highest BCUT2D eigenvalue weighted by molar-refractivity contribution is 6.31. The highest BCUT2D eigenvalue weighted by atomic mass is 35.5. The minimum Gasteiger partial charge on any atom is -0.486 e. The highest BCUT2D eigenvalue weighted by Crippen LogP contribution is 2.22. The fourth-order valence-electron chi connectivity index (χ4n) is 2.96. The number of hydrogen-bond acceptors (Lipinski definition) is 4. The first-order chi connectivity index (χ1) is 15.0. The summed E-state index contributed by atoms with van der Waals surface area (Å²) in [5.41, 5.74) is 1.68. The molecule has 0 radical (unpaired) electrons. The van der Waals surface area contributed by atoms with Crippen LogP contribution in [0.3, 0.4) is 0 Å². The summed E-state index contributed by atoms with van der Waals surface area (Å²) in [5, 5.41) is 7.64. The minimum atomic E-state index is -0.426. The van der Waals surface area contributed by atoms with Crippen LogP contribution in [0.15, 0.2) is 71.3 Å². The quantitative estimate of drug-likeness (QED) is 0.415. The van der Waals surface area contributed by atoms with Gasteiger partial charge in [-0.05, 0) is 60.5 Å². The molecule has 0 saturated heterocycles. The maximum absolute atomic E-state index is 13.3. The number of carbonyl (C=O) groups excluding carboxylic acids is 1. The molecule has 0 bridgehead atoms. The molecule has 31 heavy (non-hydrogen) atoms. The van der Waals surface area contributed by atoms with Crippen molar-refractivity contribution in [2.75, 3.05) is 5.32 Å². The topological polar surface area (TPSA) is 69.3 Å². The van der Waals surface area contributed by atoms with Crippen molar-refractivity contribution in [1.82, 2.24) is 9.78 Å². The van der Waals surface area contributed by atoms with E-state index in [1.54, 1.807) is 53.3 Å². The van der Waals surface area contributed by atoms with E-state index < -0.39 is 5.91 Å². The Morgan fingerprint density at radius 1 is 1.19 bits per heavy atom. The van der Waals surface area contributed by atoms with E-state index in [1.165, 1.54) is 12.1 Å². The van der Waals surface area contributed by atoms with Crippen LogP contribution in [-0.4, -0.2) is 15.7 Å². The molecule has 0 aliphatic rings. The SMILES string of the molecule is Cc1cc(OCc2ccc(C(=O)Nc3ccn(Cc4cccc(F)c4)n3)o2)ccc1Cl. The standard InChI is InChI=1S/C23H19ClFN3O3/c1-15-11-18(5-7-20(15)24)30-14-19-6-8-21(31-19)23(29)26-22-9-10-28(27-22)13-16-3-2-4-17(25)12-16/h2-12H,13-14H2,1H3,(H,26,27,29). The molecular formula is C23H19ClFN3O3. The van der Waals surface area contributed by atoms with Crippen LogP contribution in [0, 0.1) is 12.7 Å². The number of amides is 1. The zero-order chi connectivity index (χ0) is 21.8. The van der Waals surface area contributed by atoms with Crippen LogP contribution in [0.1, 0.15) is 27.4 Å². The smallest absolute Gasteiger partial charge is 0.292 e. The summed E-state index contributed by atoms with van der Waals surface area (Å²) in [7, 11) is 0. The molecule has 4 aromatic rings. The monoisotopic (exact) mass is 439 g/mol. The van der Waals surface area contributed by atoms with E-state index in [2.05, 4.69) is 10.4 Å². The zero-order valence-electron chi connectivity index (χ0n) is 16.6. The van der Waals surface area contributed by atoms with Gasteiger partial charge in [0.05, 0.1) is 6.54 Å². The van der Waals surface area contributed by atoms with Crippen LogP contribution < -0.4 is 10.1 Å². The van der Waals surface area contributed by atoms with E-state index in [-0.39, 0.29) is 18.2 Å². The third-order valence-electron chi connectivity index (χ3n) is 4.51. The molecule has 0 unspecified atom stereocenters. The van der Waals surface area contributed by atoms with Crippen molar-refractivity contribution in [2.45, 2.75) is 20.1 Å².